The lowest BCUT2D eigenvalue weighted by Crippen LogP contribution is -2.50. The first-order chi connectivity index (χ1) is 13.8. The summed E-state index contributed by atoms with van der Waals surface area (Å²) in [6, 6.07) is 0.507. The van der Waals surface area contributed by atoms with E-state index in [4.69, 9.17) is 9.26 Å². The van der Waals surface area contributed by atoms with Crippen molar-refractivity contribution >= 4 is 29.5 Å². The van der Waals surface area contributed by atoms with Crippen LogP contribution in [0.15, 0.2) is 10.6 Å². The van der Waals surface area contributed by atoms with Gasteiger partial charge in [0.1, 0.15) is 11.8 Å². The van der Waals surface area contributed by atoms with Gasteiger partial charge in [0.15, 0.2) is 12.4 Å². The lowest BCUT2D eigenvalue weighted by atomic mass is 9.81. The predicted octanol–water partition coefficient (Wildman–Crippen LogP) is 1.52. The fourth-order valence-electron chi connectivity index (χ4n) is 5.21. The Morgan fingerprint density at radius 1 is 1.24 bits per heavy atom. The second-order valence-electron chi connectivity index (χ2n) is 8.60. The third kappa shape index (κ3) is 3.32. The van der Waals surface area contributed by atoms with Gasteiger partial charge in [0.2, 0.25) is 11.8 Å². The number of fused-ring (bicyclic) bond motifs is 5. The number of aryl methyl sites for hydroxylation is 1. The maximum absolute atomic E-state index is 13.0. The van der Waals surface area contributed by atoms with E-state index >= 15 is 0 Å². The molecule has 0 spiro atoms. The van der Waals surface area contributed by atoms with Crippen LogP contribution in [-0.2, 0) is 23.9 Å². The minimum absolute atomic E-state index is 0.220. The molecule has 2 saturated carbocycles. The highest BCUT2D eigenvalue weighted by Gasteiger charge is 2.62. The summed E-state index contributed by atoms with van der Waals surface area (Å²) in [7, 11) is 0. The number of anilines is 1. The molecule has 0 unspecified atom stereocenters. The van der Waals surface area contributed by atoms with Gasteiger partial charge >= 0.3 is 5.97 Å². The van der Waals surface area contributed by atoms with E-state index in [9.17, 15) is 19.2 Å². The summed E-state index contributed by atoms with van der Waals surface area (Å²) in [4.78, 5) is 51.9. The molecule has 1 aliphatic heterocycles. The highest BCUT2D eigenvalue weighted by molar-refractivity contribution is 6.08. The SMILES string of the molecule is Cc1cc(NC(=O)COC(=O)[C@H](C(C)C)N2C(=O)[C@H]3[C@@H]4CC[C@@H](C4)[C@@H]3C2=O)no1. The Kier molecular flexibility index (Phi) is 4.92. The summed E-state index contributed by atoms with van der Waals surface area (Å²) in [6.45, 7) is 4.66. The Morgan fingerprint density at radius 3 is 2.38 bits per heavy atom. The molecular formula is C20H25N3O6. The van der Waals surface area contributed by atoms with E-state index in [0.717, 1.165) is 24.2 Å². The molecule has 1 N–H and O–H groups in total. The summed E-state index contributed by atoms with van der Waals surface area (Å²) in [5, 5.41) is 6.09. The fourth-order valence-corrected chi connectivity index (χ4v) is 5.21. The average molecular weight is 403 g/mol. The lowest BCUT2D eigenvalue weighted by molar-refractivity contribution is -0.162. The van der Waals surface area contributed by atoms with E-state index in [1.807, 2.05) is 0 Å². The molecule has 29 heavy (non-hydrogen) atoms. The van der Waals surface area contributed by atoms with Crippen LogP contribution >= 0.6 is 0 Å². The zero-order valence-electron chi connectivity index (χ0n) is 16.7. The molecule has 9 heteroatoms. The number of carbonyl (C=O) groups is 4. The van der Waals surface area contributed by atoms with E-state index in [1.165, 1.54) is 6.07 Å². The van der Waals surface area contributed by atoms with Gasteiger partial charge in [0.05, 0.1) is 11.8 Å². The van der Waals surface area contributed by atoms with Crippen LogP contribution in [0.1, 0.15) is 38.9 Å². The molecule has 1 aromatic heterocycles. The smallest absolute Gasteiger partial charge is 0.330 e. The van der Waals surface area contributed by atoms with Crippen LogP contribution in [0.25, 0.3) is 0 Å². The van der Waals surface area contributed by atoms with Crippen molar-refractivity contribution in [3.63, 3.8) is 0 Å². The van der Waals surface area contributed by atoms with Crippen LogP contribution in [0, 0.1) is 36.5 Å². The molecule has 1 saturated heterocycles. The van der Waals surface area contributed by atoms with Gasteiger partial charge in [0, 0.05) is 6.07 Å². The maximum Gasteiger partial charge on any atom is 0.330 e. The molecular weight excluding hydrogens is 378 g/mol. The van der Waals surface area contributed by atoms with Crippen molar-refractivity contribution in [2.45, 2.75) is 46.1 Å². The van der Waals surface area contributed by atoms with E-state index in [1.54, 1.807) is 20.8 Å². The second-order valence-corrected chi connectivity index (χ2v) is 8.60. The van der Waals surface area contributed by atoms with E-state index in [0.29, 0.717) is 5.76 Å². The highest BCUT2D eigenvalue weighted by Crippen LogP contribution is 2.56. The number of imide groups is 1. The maximum atomic E-state index is 13.0. The fraction of sp³-hybridized carbons (Fsp3) is 0.650. The Hall–Kier alpha value is -2.71. The number of amides is 3. The number of esters is 1. The molecule has 156 valence electrons. The average Bonchev–Trinajstić information content (AvgIpc) is 3.41. The van der Waals surface area contributed by atoms with Crippen molar-refractivity contribution in [3.05, 3.63) is 11.8 Å². The largest absolute Gasteiger partial charge is 0.454 e. The van der Waals surface area contributed by atoms with E-state index in [-0.39, 0.29) is 47.2 Å². The van der Waals surface area contributed by atoms with Crippen molar-refractivity contribution in [1.29, 1.82) is 0 Å². The standard InChI is InChI=1S/C20H25N3O6/c1-9(2)17(20(27)28-8-14(24)21-13-6-10(3)29-22-13)23-18(25)15-11-4-5-12(7-11)16(15)19(23)26/h6,9,11-12,15-17H,4-5,7-8H2,1-3H3,(H,21,22,24)/t11-,12+,15-,16-,17-/m0/s1. The molecule has 0 radical (unpaired) electrons. The van der Waals surface area contributed by atoms with Gasteiger partial charge in [-0.05, 0) is 43.9 Å². The first-order valence-electron chi connectivity index (χ1n) is 10.0. The van der Waals surface area contributed by atoms with Gasteiger partial charge in [-0.3, -0.25) is 19.3 Å². The Bertz CT molecular complexity index is 834. The Labute approximate surface area is 168 Å². The number of rotatable bonds is 6. The van der Waals surface area contributed by atoms with Gasteiger partial charge < -0.3 is 14.6 Å². The molecule has 9 nitrogen and oxygen atoms in total. The molecule has 3 amide bonds. The van der Waals surface area contributed by atoms with Gasteiger partial charge in [0.25, 0.3) is 5.91 Å². The van der Waals surface area contributed by atoms with Crippen LogP contribution in [0.5, 0.6) is 0 Å². The van der Waals surface area contributed by atoms with Gasteiger partial charge in [-0.25, -0.2) is 4.79 Å². The van der Waals surface area contributed by atoms with E-state index in [2.05, 4.69) is 10.5 Å². The summed E-state index contributed by atoms with van der Waals surface area (Å²) in [6.07, 6.45) is 2.87. The monoisotopic (exact) mass is 403 g/mol. The molecule has 0 aromatic carbocycles. The van der Waals surface area contributed by atoms with Crippen molar-refractivity contribution in [2.75, 3.05) is 11.9 Å². The zero-order valence-corrected chi connectivity index (χ0v) is 16.7. The van der Waals surface area contributed by atoms with Crippen molar-refractivity contribution in [3.8, 4) is 0 Å². The Balaban J connectivity index is 1.42. The number of aromatic nitrogens is 1. The molecule has 2 bridgehead atoms. The molecule has 3 fully saturated rings. The summed E-state index contributed by atoms with van der Waals surface area (Å²) < 4.78 is 10.0. The first-order valence-corrected chi connectivity index (χ1v) is 10.0. The molecule has 2 heterocycles. The van der Waals surface area contributed by atoms with Crippen LogP contribution in [0.4, 0.5) is 5.82 Å². The third-order valence-corrected chi connectivity index (χ3v) is 6.35. The number of likely N-dealkylation sites (tertiary alicyclic amines) is 1. The summed E-state index contributed by atoms with van der Waals surface area (Å²) >= 11 is 0. The van der Waals surface area contributed by atoms with Gasteiger partial charge in [-0.2, -0.15) is 0 Å². The normalized spacial score (nSPS) is 28.8. The van der Waals surface area contributed by atoms with Crippen LogP contribution < -0.4 is 5.32 Å². The molecule has 5 atom stereocenters. The number of nitrogens with zero attached hydrogens (tertiary/aromatic N) is 2. The lowest BCUT2D eigenvalue weighted by Gasteiger charge is -2.28. The quantitative estimate of drug-likeness (QED) is 0.565. The van der Waals surface area contributed by atoms with Crippen molar-refractivity contribution in [1.82, 2.24) is 10.1 Å². The summed E-state index contributed by atoms with van der Waals surface area (Å²) in [5.41, 5.74) is 0. The number of carbonyl (C=O) groups excluding carboxylic acids is 4. The van der Waals surface area contributed by atoms with Crippen molar-refractivity contribution < 1.29 is 28.4 Å². The Morgan fingerprint density at radius 2 is 1.86 bits per heavy atom. The van der Waals surface area contributed by atoms with Crippen LogP contribution in [0.3, 0.4) is 0 Å². The van der Waals surface area contributed by atoms with E-state index < -0.39 is 24.5 Å². The van der Waals surface area contributed by atoms with Crippen LogP contribution in [0.2, 0.25) is 0 Å². The zero-order chi connectivity index (χ0) is 20.9. The minimum Gasteiger partial charge on any atom is -0.454 e. The number of ether oxygens (including phenoxy) is 1. The molecule has 2 aliphatic carbocycles. The van der Waals surface area contributed by atoms with Crippen molar-refractivity contribution in [2.24, 2.45) is 29.6 Å². The van der Waals surface area contributed by atoms with Gasteiger partial charge in [-0.15, -0.1) is 0 Å². The molecule has 4 rings (SSSR count). The number of nitrogens with one attached hydrogen (secondary N) is 1. The third-order valence-electron chi connectivity index (χ3n) is 6.35. The van der Waals surface area contributed by atoms with Gasteiger partial charge in [-0.1, -0.05) is 19.0 Å². The molecule has 3 aliphatic rings. The molecule has 1 aromatic rings. The highest BCUT2D eigenvalue weighted by atomic mass is 16.5. The number of hydrogen-bond donors (Lipinski definition) is 1. The predicted molar refractivity (Wildman–Crippen MR) is 99.1 cm³/mol. The minimum atomic E-state index is -1.03. The summed E-state index contributed by atoms with van der Waals surface area (Å²) in [5.74, 6) is -1.53. The first kappa shape index (κ1) is 19.6. The topological polar surface area (TPSA) is 119 Å². The number of hydrogen-bond acceptors (Lipinski definition) is 7. The second kappa shape index (κ2) is 7.27. The van der Waals surface area contributed by atoms with Crippen LogP contribution in [-0.4, -0.2) is 46.4 Å².